The van der Waals surface area contributed by atoms with Crippen LogP contribution in [0.2, 0.25) is 0 Å². The second-order valence-corrected chi connectivity index (χ2v) is 7.04. The van der Waals surface area contributed by atoms with Crippen molar-refractivity contribution < 1.29 is 13.9 Å². The van der Waals surface area contributed by atoms with E-state index in [2.05, 4.69) is 15.6 Å². The SMILES string of the molecule is CC(C)Oc1ccc(NC(=NCC(=O)N(C)C)NCCc2ccccc2F)cc1.I. The second kappa shape index (κ2) is 13.0. The van der Waals surface area contributed by atoms with Gasteiger partial charge in [-0.2, -0.15) is 0 Å². The van der Waals surface area contributed by atoms with E-state index >= 15 is 0 Å². The fraction of sp³-hybridized carbons (Fsp3) is 0.364. The number of nitrogens with one attached hydrogen (secondary N) is 2. The summed E-state index contributed by atoms with van der Waals surface area (Å²) < 4.78 is 19.4. The molecule has 2 aromatic rings. The van der Waals surface area contributed by atoms with Gasteiger partial charge in [-0.15, -0.1) is 24.0 Å². The molecule has 0 aromatic heterocycles. The molecule has 0 fully saturated rings. The smallest absolute Gasteiger partial charge is 0.243 e. The van der Waals surface area contributed by atoms with Gasteiger partial charge in [0.1, 0.15) is 18.1 Å². The number of benzene rings is 2. The van der Waals surface area contributed by atoms with Gasteiger partial charge >= 0.3 is 0 Å². The Labute approximate surface area is 194 Å². The summed E-state index contributed by atoms with van der Waals surface area (Å²) in [7, 11) is 3.37. The number of aliphatic imine (C=N–C) groups is 1. The predicted octanol–water partition coefficient (Wildman–Crippen LogP) is 3.92. The second-order valence-electron chi connectivity index (χ2n) is 7.04. The van der Waals surface area contributed by atoms with Gasteiger partial charge in [0, 0.05) is 26.3 Å². The maximum absolute atomic E-state index is 13.8. The Kier molecular flexibility index (Phi) is 11.2. The highest BCUT2D eigenvalue weighted by Crippen LogP contribution is 2.17. The Balaban J connectivity index is 0.00000450. The van der Waals surface area contributed by atoms with Crippen molar-refractivity contribution in [3.63, 3.8) is 0 Å². The van der Waals surface area contributed by atoms with Crippen molar-refractivity contribution in [1.29, 1.82) is 0 Å². The van der Waals surface area contributed by atoms with Crippen LogP contribution in [0.5, 0.6) is 5.75 Å². The van der Waals surface area contributed by atoms with Gasteiger partial charge in [0.15, 0.2) is 5.96 Å². The Morgan fingerprint density at radius 2 is 1.80 bits per heavy atom. The van der Waals surface area contributed by atoms with Crippen LogP contribution in [0.3, 0.4) is 0 Å². The van der Waals surface area contributed by atoms with Crippen molar-refractivity contribution in [2.24, 2.45) is 4.99 Å². The molecule has 0 saturated heterocycles. The third kappa shape index (κ3) is 8.98. The van der Waals surface area contributed by atoms with Gasteiger partial charge in [0.25, 0.3) is 0 Å². The lowest BCUT2D eigenvalue weighted by Crippen LogP contribution is -2.34. The summed E-state index contributed by atoms with van der Waals surface area (Å²) in [5, 5.41) is 6.33. The molecule has 0 bridgehead atoms. The van der Waals surface area contributed by atoms with Crippen LogP contribution in [-0.2, 0) is 11.2 Å². The third-order valence-corrected chi connectivity index (χ3v) is 4.00. The van der Waals surface area contributed by atoms with Crippen LogP contribution >= 0.6 is 24.0 Å². The van der Waals surface area contributed by atoms with E-state index in [1.54, 1.807) is 26.2 Å². The van der Waals surface area contributed by atoms with E-state index in [9.17, 15) is 9.18 Å². The number of hydrogen-bond donors (Lipinski definition) is 2. The molecular formula is C22H30FIN4O2. The van der Waals surface area contributed by atoms with E-state index in [1.807, 2.05) is 44.2 Å². The Hall–Kier alpha value is -2.36. The minimum Gasteiger partial charge on any atom is -0.491 e. The summed E-state index contributed by atoms with van der Waals surface area (Å²) in [4.78, 5) is 17.7. The van der Waals surface area contributed by atoms with E-state index in [-0.39, 0.29) is 48.3 Å². The molecule has 2 rings (SSSR count). The van der Waals surface area contributed by atoms with E-state index in [0.29, 0.717) is 24.5 Å². The number of likely N-dealkylation sites (N-methyl/N-ethyl adjacent to an activating group) is 1. The highest BCUT2D eigenvalue weighted by Gasteiger charge is 2.07. The zero-order chi connectivity index (χ0) is 21.2. The first kappa shape index (κ1) is 25.7. The van der Waals surface area contributed by atoms with E-state index in [0.717, 1.165) is 11.4 Å². The molecule has 8 heteroatoms. The zero-order valence-electron chi connectivity index (χ0n) is 17.8. The molecule has 0 aliphatic rings. The average molecular weight is 528 g/mol. The van der Waals surface area contributed by atoms with Crippen LogP contribution in [-0.4, -0.2) is 50.1 Å². The highest BCUT2D eigenvalue weighted by atomic mass is 127. The van der Waals surface area contributed by atoms with Gasteiger partial charge in [0.05, 0.1) is 6.10 Å². The fourth-order valence-electron chi connectivity index (χ4n) is 2.47. The van der Waals surface area contributed by atoms with E-state index in [1.165, 1.54) is 11.0 Å². The number of rotatable bonds is 8. The highest BCUT2D eigenvalue weighted by molar-refractivity contribution is 14.0. The molecule has 2 N–H and O–H groups in total. The summed E-state index contributed by atoms with van der Waals surface area (Å²) in [5.41, 5.74) is 1.43. The molecule has 0 heterocycles. The first-order valence-corrected chi connectivity index (χ1v) is 9.60. The van der Waals surface area contributed by atoms with Gasteiger partial charge in [-0.05, 0) is 56.2 Å². The zero-order valence-corrected chi connectivity index (χ0v) is 20.1. The molecule has 0 aliphatic carbocycles. The fourth-order valence-corrected chi connectivity index (χ4v) is 2.47. The standard InChI is InChI=1S/C22H29FN4O2.HI/c1-16(2)29-19-11-9-18(10-12-19)26-22(25-15-21(28)27(3)4)24-14-13-17-7-5-6-8-20(17)23;/h5-12,16H,13-15H2,1-4H3,(H2,24,25,26);1H. The lowest BCUT2D eigenvalue weighted by atomic mass is 10.1. The van der Waals surface area contributed by atoms with Crippen molar-refractivity contribution in [1.82, 2.24) is 10.2 Å². The van der Waals surface area contributed by atoms with Crippen molar-refractivity contribution in [3.8, 4) is 5.75 Å². The molecule has 30 heavy (non-hydrogen) atoms. The summed E-state index contributed by atoms with van der Waals surface area (Å²) >= 11 is 0. The topological polar surface area (TPSA) is 66.0 Å². The minimum absolute atomic E-state index is 0. The maximum atomic E-state index is 13.8. The largest absolute Gasteiger partial charge is 0.491 e. The maximum Gasteiger partial charge on any atom is 0.243 e. The van der Waals surface area contributed by atoms with Gasteiger partial charge in [-0.1, -0.05) is 18.2 Å². The first-order valence-electron chi connectivity index (χ1n) is 9.60. The van der Waals surface area contributed by atoms with Gasteiger partial charge in [-0.25, -0.2) is 9.38 Å². The van der Waals surface area contributed by atoms with Crippen LogP contribution in [0, 0.1) is 5.82 Å². The van der Waals surface area contributed by atoms with Crippen LogP contribution in [0.1, 0.15) is 19.4 Å². The molecule has 1 amide bonds. The number of anilines is 1. The summed E-state index contributed by atoms with van der Waals surface area (Å²) in [5.74, 6) is 0.888. The Bertz CT molecular complexity index is 826. The number of nitrogens with zero attached hydrogens (tertiary/aromatic N) is 2. The number of amides is 1. The molecule has 0 atom stereocenters. The number of ether oxygens (including phenoxy) is 1. The quantitative estimate of drug-likeness (QED) is 0.310. The normalized spacial score (nSPS) is 10.9. The summed E-state index contributed by atoms with van der Waals surface area (Å²) in [6.45, 7) is 4.42. The molecule has 0 saturated carbocycles. The number of guanidine groups is 1. The molecular weight excluding hydrogens is 498 g/mol. The van der Waals surface area contributed by atoms with E-state index in [4.69, 9.17) is 4.74 Å². The van der Waals surface area contributed by atoms with Crippen molar-refractivity contribution >= 4 is 41.5 Å². The molecule has 164 valence electrons. The first-order chi connectivity index (χ1) is 13.8. The molecule has 6 nitrogen and oxygen atoms in total. The molecule has 0 unspecified atom stereocenters. The summed E-state index contributed by atoms with van der Waals surface area (Å²) in [6.07, 6.45) is 0.596. The van der Waals surface area contributed by atoms with Crippen LogP contribution in [0.25, 0.3) is 0 Å². The monoisotopic (exact) mass is 528 g/mol. The number of carbonyl (C=O) groups is 1. The van der Waals surface area contributed by atoms with Gasteiger partial charge in [0.2, 0.25) is 5.91 Å². The van der Waals surface area contributed by atoms with Crippen molar-refractivity contribution in [2.75, 3.05) is 32.5 Å². The lowest BCUT2D eigenvalue weighted by Gasteiger charge is -2.15. The van der Waals surface area contributed by atoms with E-state index < -0.39 is 0 Å². The lowest BCUT2D eigenvalue weighted by molar-refractivity contribution is -0.127. The molecule has 0 aliphatic heterocycles. The Morgan fingerprint density at radius 1 is 1.13 bits per heavy atom. The molecule has 0 radical (unpaired) electrons. The number of carbonyl (C=O) groups excluding carboxylic acids is 1. The third-order valence-electron chi connectivity index (χ3n) is 4.00. The van der Waals surface area contributed by atoms with Crippen molar-refractivity contribution in [3.05, 3.63) is 59.9 Å². The number of hydrogen-bond acceptors (Lipinski definition) is 3. The van der Waals surface area contributed by atoms with Crippen LogP contribution < -0.4 is 15.4 Å². The molecule has 2 aromatic carbocycles. The summed E-state index contributed by atoms with van der Waals surface area (Å²) in [6, 6.07) is 14.2. The average Bonchev–Trinajstić information content (AvgIpc) is 2.68. The minimum atomic E-state index is -0.232. The predicted molar refractivity (Wildman–Crippen MR) is 130 cm³/mol. The van der Waals surface area contributed by atoms with Gasteiger partial charge < -0.3 is 20.3 Å². The van der Waals surface area contributed by atoms with Crippen LogP contribution in [0.4, 0.5) is 10.1 Å². The molecule has 0 spiro atoms. The van der Waals surface area contributed by atoms with Gasteiger partial charge in [-0.3, -0.25) is 4.79 Å². The number of halogens is 2. The van der Waals surface area contributed by atoms with Crippen LogP contribution in [0.15, 0.2) is 53.5 Å². The Morgan fingerprint density at radius 3 is 2.40 bits per heavy atom. The van der Waals surface area contributed by atoms with Crippen molar-refractivity contribution in [2.45, 2.75) is 26.4 Å².